The summed E-state index contributed by atoms with van der Waals surface area (Å²) in [7, 11) is -3.59. The standard InChI is InChI=1S/C16H25N3O3S2.ClH/c1-16(2)11-18(9-7-13(16)17)15(20)12-5-3-8-19(12)24(21,22)14-6-4-10-23-14;/h4,6,10,12-13H,3,5,7-9,11,17H2,1-2H3;1H. The zero-order chi connectivity index (χ0) is 17.5. The van der Waals surface area contributed by atoms with Gasteiger partial charge in [0.25, 0.3) is 10.0 Å². The van der Waals surface area contributed by atoms with Crippen molar-refractivity contribution in [1.29, 1.82) is 0 Å². The number of halogens is 1. The predicted molar refractivity (Wildman–Crippen MR) is 101 cm³/mol. The second kappa shape index (κ2) is 7.52. The van der Waals surface area contributed by atoms with E-state index in [1.54, 1.807) is 22.4 Å². The minimum Gasteiger partial charge on any atom is -0.341 e. The molecule has 6 nitrogen and oxygen atoms in total. The quantitative estimate of drug-likeness (QED) is 0.829. The summed E-state index contributed by atoms with van der Waals surface area (Å²) in [4.78, 5) is 14.8. The third kappa shape index (κ3) is 3.88. The molecule has 2 saturated heterocycles. The van der Waals surface area contributed by atoms with E-state index in [1.165, 1.54) is 15.6 Å². The zero-order valence-electron chi connectivity index (χ0n) is 14.6. The molecule has 2 aliphatic heterocycles. The van der Waals surface area contributed by atoms with Crippen LogP contribution in [0, 0.1) is 5.41 Å². The van der Waals surface area contributed by atoms with E-state index in [2.05, 4.69) is 13.8 Å². The molecule has 0 saturated carbocycles. The van der Waals surface area contributed by atoms with Crippen molar-refractivity contribution in [3.05, 3.63) is 17.5 Å². The highest BCUT2D eigenvalue weighted by atomic mass is 35.5. The Morgan fingerprint density at radius 1 is 1.32 bits per heavy atom. The fourth-order valence-corrected chi connectivity index (χ4v) is 6.34. The number of amides is 1. The summed E-state index contributed by atoms with van der Waals surface area (Å²) in [6.45, 7) is 5.72. The van der Waals surface area contributed by atoms with Gasteiger partial charge >= 0.3 is 0 Å². The van der Waals surface area contributed by atoms with E-state index >= 15 is 0 Å². The lowest BCUT2D eigenvalue weighted by Crippen LogP contribution is -2.57. The van der Waals surface area contributed by atoms with Gasteiger partial charge in [0, 0.05) is 25.7 Å². The highest BCUT2D eigenvalue weighted by Crippen LogP contribution is 2.32. The number of carbonyl (C=O) groups excluding carboxylic acids is 1. The number of nitrogens with two attached hydrogens (primary N) is 1. The molecule has 3 rings (SSSR count). The number of carbonyl (C=O) groups is 1. The van der Waals surface area contributed by atoms with Crippen LogP contribution in [0.15, 0.2) is 21.7 Å². The summed E-state index contributed by atoms with van der Waals surface area (Å²) in [5.41, 5.74) is 6.00. The molecule has 2 fully saturated rings. The molecule has 2 atom stereocenters. The summed E-state index contributed by atoms with van der Waals surface area (Å²) in [6, 6.07) is 2.81. The van der Waals surface area contributed by atoms with Crippen LogP contribution < -0.4 is 5.73 Å². The molecule has 0 bridgehead atoms. The van der Waals surface area contributed by atoms with E-state index in [4.69, 9.17) is 5.73 Å². The van der Waals surface area contributed by atoms with Crippen molar-refractivity contribution in [2.24, 2.45) is 11.1 Å². The third-order valence-corrected chi connectivity index (χ3v) is 8.45. The largest absolute Gasteiger partial charge is 0.341 e. The van der Waals surface area contributed by atoms with Crippen molar-refractivity contribution >= 4 is 39.7 Å². The Bertz CT molecular complexity index is 706. The minimum absolute atomic E-state index is 0. The first-order chi connectivity index (χ1) is 11.2. The second-order valence-corrected chi connectivity index (χ2v) is 10.4. The van der Waals surface area contributed by atoms with Crippen LogP contribution in [-0.4, -0.2) is 55.2 Å². The zero-order valence-corrected chi connectivity index (χ0v) is 17.0. The highest BCUT2D eigenvalue weighted by molar-refractivity contribution is 7.91. The number of thiophene rings is 1. The summed E-state index contributed by atoms with van der Waals surface area (Å²) < 4.78 is 27.3. The summed E-state index contributed by atoms with van der Waals surface area (Å²) in [5.74, 6) is -0.0763. The van der Waals surface area contributed by atoms with Crippen molar-refractivity contribution in [1.82, 2.24) is 9.21 Å². The van der Waals surface area contributed by atoms with Gasteiger partial charge in [0.15, 0.2) is 0 Å². The van der Waals surface area contributed by atoms with Crippen LogP contribution in [-0.2, 0) is 14.8 Å². The lowest BCUT2D eigenvalue weighted by Gasteiger charge is -2.43. The number of likely N-dealkylation sites (tertiary alicyclic amines) is 1. The number of piperidine rings is 1. The number of sulfonamides is 1. The molecule has 0 aromatic carbocycles. The van der Waals surface area contributed by atoms with Crippen LogP contribution >= 0.6 is 23.7 Å². The van der Waals surface area contributed by atoms with Gasteiger partial charge in [-0.2, -0.15) is 4.31 Å². The molecule has 0 radical (unpaired) electrons. The first-order valence-corrected chi connectivity index (χ1v) is 10.7. The van der Waals surface area contributed by atoms with Gasteiger partial charge < -0.3 is 10.6 Å². The summed E-state index contributed by atoms with van der Waals surface area (Å²) in [5, 5.41) is 1.74. The maximum atomic E-state index is 13.0. The molecule has 1 amide bonds. The Labute approximate surface area is 159 Å². The third-order valence-electron chi connectivity index (χ3n) is 5.17. The number of hydrogen-bond donors (Lipinski definition) is 1. The molecule has 2 N–H and O–H groups in total. The Morgan fingerprint density at radius 2 is 2.04 bits per heavy atom. The molecule has 25 heavy (non-hydrogen) atoms. The van der Waals surface area contributed by atoms with Gasteiger partial charge in [0.1, 0.15) is 10.3 Å². The molecule has 1 aromatic heterocycles. The molecule has 3 heterocycles. The maximum Gasteiger partial charge on any atom is 0.253 e. The van der Waals surface area contributed by atoms with Gasteiger partial charge in [0.05, 0.1) is 0 Å². The van der Waals surface area contributed by atoms with Crippen molar-refractivity contribution in [3.63, 3.8) is 0 Å². The van der Waals surface area contributed by atoms with Crippen molar-refractivity contribution in [2.75, 3.05) is 19.6 Å². The molecule has 2 unspecified atom stereocenters. The number of rotatable bonds is 3. The average molecular weight is 408 g/mol. The lowest BCUT2D eigenvalue weighted by atomic mass is 9.79. The molecule has 1 aromatic rings. The van der Waals surface area contributed by atoms with Crippen LogP contribution in [0.2, 0.25) is 0 Å². The van der Waals surface area contributed by atoms with Crippen LogP contribution in [0.1, 0.15) is 33.1 Å². The van der Waals surface area contributed by atoms with E-state index in [0.29, 0.717) is 30.3 Å². The van der Waals surface area contributed by atoms with Crippen molar-refractivity contribution < 1.29 is 13.2 Å². The Balaban J connectivity index is 0.00000225. The lowest BCUT2D eigenvalue weighted by molar-refractivity contribution is -0.138. The second-order valence-electron chi connectivity index (χ2n) is 7.35. The van der Waals surface area contributed by atoms with Crippen LogP contribution in [0.3, 0.4) is 0 Å². The first-order valence-electron chi connectivity index (χ1n) is 8.33. The minimum atomic E-state index is -3.59. The van der Waals surface area contributed by atoms with Crippen molar-refractivity contribution in [3.8, 4) is 0 Å². The maximum absolute atomic E-state index is 13.0. The molecular weight excluding hydrogens is 382 g/mol. The fourth-order valence-electron chi connectivity index (χ4n) is 3.57. The van der Waals surface area contributed by atoms with Crippen LogP contribution in [0.5, 0.6) is 0 Å². The van der Waals surface area contributed by atoms with E-state index in [0.717, 1.165) is 12.8 Å². The Morgan fingerprint density at radius 3 is 2.64 bits per heavy atom. The van der Waals surface area contributed by atoms with E-state index in [9.17, 15) is 13.2 Å². The predicted octanol–water partition coefficient (Wildman–Crippen LogP) is 1.91. The molecule has 0 aliphatic carbocycles. The molecule has 2 aliphatic rings. The SMILES string of the molecule is CC1(C)CN(C(=O)C2CCCN2S(=O)(=O)c2cccs2)CCC1N.Cl. The highest BCUT2D eigenvalue weighted by Gasteiger charge is 2.44. The summed E-state index contributed by atoms with van der Waals surface area (Å²) >= 11 is 1.20. The monoisotopic (exact) mass is 407 g/mol. The normalized spacial score (nSPS) is 27.1. The van der Waals surface area contributed by atoms with Gasteiger partial charge in [0.2, 0.25) is 5.91 Å². The summed E-state index contributed by atoms with van der Waals surface area (Å²) in [6.07, 6.45) is 2.06. The van der Waals surface area contributed by atoms with Gasteiger partial charge in [-0.3, -0.25) is 4.79 Å². The fraction of sp³-hybridized carbons (Fsp3) is 0.688. The molecular formula is C16H26ClN3O3S2. The average Bonchev–Trinajstić information content (AvgIpc) is 3.20. The smallest absolute Gasteiger partial charge is 0.253 e. The number of nitrogens with zero attached hydrogens (tertiary/aromatic N) is 2. The van der Waals surface area contributed by atoms with E-state index in [1.807, 2.05) is 0 Å². The van der Waals surface area contributed by atoms with E-state index in [-0.39, 0.29) is 29.8 Å². The molecule has 142 valence electrons. The van der Waals surface area contributed by atoms with E-state index < -0.39 is 16.1 Å². The van der Waals surface area contributed by atoms with Gasteiger partial charge in [-0.1, -0.05) is 19.9 Å². The first kappa shape index (κ1) is 20.6. The van der Waals surface area contributed by atoms with Gasteiger partial charge in [-0.25, -0.2) is 8.42 Å². The van der Waals surface area contributed by atoms with Crippen LogP contribution in [0.4, 0.5) is 0 Å². The molecule has 9 heteroatoms. The van der Waals surface area contributed by atoms with Gasteiger partial charge in [-0.05, 0) is 36.1 Å². The Kier molecular flexibility index (Phi) is 6.21. The topological polar surface area (TPSA) is 83.7 Å². The molecule has 0 spiro atoms. The Hall–Kier alpha value is -0.670. The number of hydrogen-bond acceptors (Lipinski definition) is 5. The van der Waals surface area contributed by atoms with Gasteiger partial charge in [-0.15, -0.1) is 23.7 Å². The van der Waals surface area contributed by atoms with Crippen molar-refractivity contribution in [2.45, 2.75) is 49.4 Å². The van der Waals surface area contributed by atoms with Crippen LogP contribution in [0.25, 0.3) is 0 Å².